The second kappa shape index (κ2) is 20.2. The van der Waals surface area contributed by atoms with Gasteiger partial charge in [0.05, 0.1) is 50.7 Å². The van der Waals surface area contributed by atoms with Gasteiger partial charge in [-0.3, -0.25) is 21.9 Å². The van der Waals surface area contributed by atoms with E-state index in [1.807, 2.05) is 5.43 Å². The van der Waals surface area contributed by atoms with Crippen molar-refractivity contribution >= 4 is 35.1 Å². The number of benzene rings is 2. The summed E-state index contributed by atoms with van der Waals surface area (Å²) in [6, 6.07) is 5.97. The van der Waals surface area contributed by atoms with Gasteiger partial charge in [-0.25, -0.2) is 10.6 Å². The molecule has 0 aromatic heterocycles. The summed E-state index contributed by atoms with van der Waals surface area (Å²) in [6.45, 7) is 3.96. The van der Waals surface area contributed by atoms with Crippen molar-refractivity contribution in [3.63, 3.8) is 0 Å². The Labute approximate surface area is 220 Å². The van der Waals surface area contributed by atoms with Crippen LogP contribution < -0.4 is 41.9 Å². The van der Waals surface area contributed by atoms with Gasteiger partial charge in [-0.2, -0.15) is 0 Å². The number of halogens is 2. The summed E-state index contributed by atoms with van der Waals surface area (Å²) >= 11 is 11.8. The second-order valence-corrected chi connectivity index (χ2v) is 6.70. The Morgan fingerprint density at radius 1 is 0.806 bits per heavy atom. The topological polar surface area (TPSA) is 191 Å². The summed E-state index contributed by atoms with van der Waals surface area (Å²) in [5, 5.41) is 8.23. The lowest BCUT2D eigenvalue weighted by Gasteiger charge is -2.10. The van der Waals surface area contributed by atoms with Crippen LogP contribution in [0, 0.1) is 0 Å². The quantitative estimate of drug-likeness (QED) is 0.146. The number of amides is 1. The Kier molecular flexibility index (Phi) is 19.7. The average molecular weight is 553 g/mol. The predicted molar refractivity (Wildman–Crippen MR) is 138 cm³/mol. The Morgan fingerprint density at radius 3 is 1.50 bits per heavy atom. The molecule has 0 aliphatic heterocycles. The number of ether oxygens (including phenoxy) is 5. The van der Waals surface area contributed by atoms with Gasteiger partial charge in [-0.05, 0) is 26.0 Å². The molecule has 0 fully saturated rings. The summed E-state index contributed by atoms with van der Waals surface area (Å²) < 4.78 is 25.0. The van der Waals surface area contributed by atoms with E-state index in [0.717, 1.165) is 0 Å². The molecule has 0 aliphatic carbocycles. The molecular formula is C22H34Cl2N4O8. The fourth-order valence-corrected chi connectivity index (χ4v) is 2.83. The number of carbonyl (C=O) groups is 2. The van der Waals surface area contributed by atoms with Crippen molar-refractivity contribution in [1.29, 1.82) is 0 Å². The first kappa shape index (κ1) is 35.2. The van der Waals surface area contributed by atoms with Gasteiger partial charge >= 0.3 is 5.97 Å². The van der Waals surface area contributed by atoms with Crippen LogP contribution in [0.2, 0.25) is 10.0 Å². The second-order valence-electron chi connectivity index (χ2n) is 5.88. The van der Waals surface area contributed by atoms with Gasteiger partial charge in [0, 0.05) is 18.7 Å². The van der Waals surface area contributed by atoms with Crippen molar-refractivity contribution in [1.82, 2.24) is 5.43 Å². The largest absolute Gasteiger partial charge is 0.496 e. The van der Waals surface area contributed by atoms with Gasteiger partial charge in [0.1, 0.15) is 28.6 Å². The first-order chi connectivity index (χ1) is 17.2. The zero-order valence-corrected chi connectivity index (χ0v) is 22.5. The van der Waals surface area contributed by atoms with Crippen LogP contribution in [0.3, 0.4) is 0 Å². The fraction of sp³-hybridized carbons (Fsp3) is 0.364. The normalized spacial score (nSPS) is 9.00. The van der Waals surface area contributed by atoms with Gasteiger partial charge in [-0.1, -0.05) is 23.2 Å². The highest BCUT2D eigenvalue weighted by atomic mass is 35.5. The number of nitrogens with two attached hydrogens (primary N) is 3. The third-order valence-electron chi connectivity index (χ3n) is 3.82. The van der Waals surface area contributed by atoms with E-state index < -0.39 is 11.9 Å². The van der Waals surface area contributed by atoms with E-state index in [4.69, 9.17) is 57.8 Å². The van der Waals surface area contributed by atoms with Crippen molar-refractivity contribution in [3.8, 4) is 23.0 Å². The number of aliphatic hydroxyl groups excluding tert-OH is 1. The maximum Gasteiger partial charge on any atom is 0.341 e. The number of aliphatic hydroxyl groups is 1. The van der Waals surface area contributed by atoms with Gasteiger partial charge in [0.25, 0.3) is 5.91 Å². The van der Waals surface area contributed by atoms with Crippen LogP contribution in [-0.2, 0) is 4.74 Å². The molecule has 0 saturated carbocycles. The maximum absolute atomic E-state index is 11.6. The van der Waals surface area contributed by atoms with Gasteiger partial charge < -0.3 is 28.8 Å². The minimum atomic E-state index is -0.476. The van der Waals surface area contributed by atoms with Crippen LogP contribution >= 0.6 is 23.2 Å². The molecule has 2 aromatic rings. The summed E-state index contributed by atoms with van der Waals surface area (Å²) in [5.41, 5.74) is 2.54. The fourth-order valence-electron chi connectivity index (χ4n) is 2.34. The molecule has 1 amide bonds. The van der Waals surface area contributed by atoms with E-state index in [1.165, 1.54) is 46.6 Å². The van der Waals surface area contributed by atoms with E-state index >= 15 is 0 Å². The van der Waals surface area contributed by atoms with Crippen molar-refractivity contribution in [2.45, 2.75) is 13.8 Å². The lowest BCUT2D eigenvalue weighted by Crippen LogP contribution is -2.30. The summed E-state index contributed by atoms with van der Waals surface area (Å²) in [5.74, 6) is 13.7. The molecular weight excluding hydrogens is 519 g/mol. The van der Waals surface area contributed by atoms with Crippen LogP contribution in [0.15, 0.2) is 24.3 Å². The Balaban J connectivity index is 0. The molecule has 2 aromatic carbocycles. The van der Waals surface area contributed by atoms with Crippen molar-refractivity contribution in [3.05, 3.63) is 45.4 Å². The molecule has 0 spiro atoms. The number of nitrogen functional groups attached to an aromatic ring is 1. The third kappa shape index (κ3) is 11.2. The van der Waals surface area contributed by atoms with E-state index in [2.05, 4.69) is 11.7 Å². The van der Waals surface area contributed by atoms with E-state index in [0.29, 0.717) is 39.7 Å². The molecule has 2 rings (SSSR count). The summed E-state index contributed by atoms with van der Waals surface area (Å²) in [6.07, 6.45) is 0. The highest BCUT2D eigenvalue weighted by Gasteiger charge is 2.17. The SMILES string of the molecule is CCO.CCOC(=O)c1cc(Cl)c(OC)cc1OC.COc1cc(OC)c(C(=O)NN)cc1Cl.NN. The lowest BCUT2D eigenvalue weighted by molar-refractivity contribution is 0.0522. The van der Waals surface area contributed by atoms with E-state index in [-0.39, 0.29) is 17.7 Å². The smallest absolute Gasteiger partial charge is 0.341 e. The minimum absolute atomic E-state index is 0.250. The zero-order chi connectivity index (χ0) is 28.3. The molecule has 0 atom stereocenters. The average Bonchev–Trinajstić information content (AvgIpc) is 2.90. The van der Waals surface area contributed by atoms with Crippen molar-refractivity contribution < 1.29 is 38.4 Å². The number of hydrogen-bond donors (Lipinski definition) is 5. The van der Waals surface area contributed by atoms with E-state index in [1.54, 1.807) is 19.9 Å². The highest BCUT2D eigenvalue weighted by molar-refractivity contribution is 6.33. The molecule has 14 heteroatoms. The molecule has 0 aliphatic rings. The van der Waals surface area contributed by atoms with Crippen molar-refractivity contribution in [2.75, 3.05) is 41.7 Å². The minimum Gasteiger partial charge on any atom is -0.496 e. The van der Waals surface area contributed by atoms with Gasteiger partial charge in [0.15, 0.2) is 0 Å². The third-order valence-corrected chi connectivity index (χ3v) is 4.41. The molecule has 0 bridgehead atoms. The number of carbonyl (C=O) groups excluding carboxylic acids is 2. The molecule has 204 valence electrons. The molecule has 0 radical (unpaired) electrons. The number of rotatable bonds is 7. The number of methoxy groups -OCH3 is 4. The number of hydrogen-bond acceptors (Lipinski definition) is 11. The van der Waals surface area contributed by atoms with Crippen LogP contribution in [0.1, 0.15) is 34.6 Å². The standard InChI is InChI=1S/C11H13ClO4.C9H11ClN2O3.C2H6O.H4N2/c1-4-16-11(13)7-5-8(12)10(15-3)6-9(7)14-2;1-14-7-4-8(15-2)6(10)3-5(7)9(13)12-11;1-2-3;1-2/h5-6H,4H2,1-3H3;3-4H,11H2,1-2H3,(H,12,13);3H,2H2,1H3;1-2H2. The van der Waals surface area contributed by atoms with Crippen LogP contribution in [0.25, 0.3) is 0 Å². The Bertz CT molecular complexity index is 949. The lowest BCUT2D eigenvalue weighted by atomic mass is 10.2. The van der Waals surface area contributed by atoms with Crippen LogP contribution in [0.5, 0.6) is 23.0 Å². The van der Waals surface area contributed by atoms with Gasteiger partial charge in [0.2, 0.25) is 0 Å². The molecule has 0 heterocycles. The first-order valence-electron chi connectivity index (χ1n) is 10.1. The van der Waals surface area contributed by atoms with E-state index in [9.17, 15) is 9.59 Å². The van der Waals surface area contributed by atoms with Crippen LogP contribution in [-0.4, -0.2) is 58.6 Å². The summed E-state index contributed by atoms with van der Waals surface area (Å²) in [4.78, 5) is 22.9. The number of esters is 1. The Hall–Kier alpha value is -3.00. The highest BCUT2D eigenvalue weighted by Crippen LogP contribution is 2.33. The number of hydrazine groups is 2. The summed E-state index contributed by atoms with van der Waals surface area (Å²) in [7, 11) is 5.87. The van der Waals surface area contributed by atoms with Crippen molar-refractivity contribution in [2.24, 2.45) is 17.5 Å². The monoisotopic (exact) mass is 552 g/mol. The molecule has 0 unspecified atom stereocenters. The molecule has 0 saturated heterocycles. The van der Waals surface area contributed by atoms with Crippen LogP contribution in [0.4, 0.5) is 0 Å². The predicted octanol–water partition coefficient (Wildman–Crippen LogP) is 2.31. The molecule has 8 N–H and O–H groups in total. The first-order valence-corrected chi connectivity index (χ1v) is 10.9. The number of nitrogens with one attached hydrogen (secondary N) is 1. The molecule has 12 nitrogen and oxygen atoms in total. The Morgan fingerprint density at radius 2 is 1.17 bits per heavy atom. The maximum atomic E-state index is 11.6. The zero-order valence-electron chi connectivity index (χ0n) is 21.0. The van der Waals surface area contributed by atoms with Gasteiger partial charge in [-0.15, -0.1) is 0 Å². The molecule has 36 heavy (non-hydrogen) atoms.